The molecule has 3 rings (SSSR count). The van der Waals surface area contributed by atoms with Crippen LogP contribution in [0.2, 0.25) is 0 Å². The zero-order chi connectivity index (χ0) is 16.8. The van der Waals surface area contributed by atoms with E-state index in [1.807, 2.05) is 19.1 Å². The fraction of sp³-hybridized carbons (Fsp3) is 0.438. The number of rotatable bonds is 4. The van der Waals surface area contributed by atoms with Crippen molar-refractivity contribution in [3.63, 3.8) is 0 Å². The molecule has 0 aliphatic carbocycles. The van der Waals surface area contributed by atoms with Crippen LogP contribution >= 0.6 is 0 Å². The second kappa shape index (κ2) is 7.55. The van der Waals surface area contributed by atoms with Gasteiger partial charge in [-0.15, -0.1) is 10.2 Å². The number of aromatic nitrogens is 4. The summed E-state index contributed by atoms with van der Waals surface area (Å²) in [4.78, 5) is 13.1. The fourth-order valence-corrected chi connectivity index (χ4v) is 2.61. The quantitative estimate of drug-likeness (QED) is 0.829. The van der Waals surface area contributed by atoms with Crippen LogP contribution in [0.3, 0.4) is 0 Å². The van der Waals surface area contributed by atoms with E-state index in [9.17, 15) is 0 Å². The van der Waals surface area contributed by atoms with Crippen molar-refractivity contribution < 1.29 is 4.74 Å². The third-order valence-electron chi connectivity index (χ3n) is 3.78. The molecule has 24 heavy (non-hydrogen) atoms. The number of nitrogens with zero attached hydrogens (tertiary/aromatic N) is 7. The lowest BCUT2D eigenvalue weighted by Crippen LogP contribution is -2.32. The van der Waals surface area contributed by atoms with E-state index in [1.165, 1.54) is 0 Å². The van der Waals surface area contributed by atoms with Gasteiger partial charge in [-0.1, -0.05) is 0 Å². The molecule has 0 N–H and O–H groups in total. The second-order valence-electron chi connectivity index (χ2n) is 5.34. The van der Waals surface area contributed by atoms with Gasteiger partial charge in [0, 0.05) is 38.4 Å². The number of ether oxygens (including phenoxy) is 1. The Balaban J connectivity index is 1.68. The Hall–Kier alpha value is -2.95. The highest BCUT2D eigenvalue weighted by molar-refractivity contribution is 5.41. The normalized spacial score (nSPS) is 14.8. The highest BCUT2D eigenvalue weighted by Crippen LogP contribution is 2.17. The number of hydrogen-bond acceptors (Lipinski definition) is 8. The first-order valence-corrected chi connectivity index (χ1v) is 7.99. The molecule has 0 atom stereocenters. The van der Waals surface area contributed by atoms with E-state index >= 15 is 0 Å². The van der Waals surface area contributed by atoms with E-state index in [1.54, 1.807) is 18.3 Å². The first kappa shape index (κ1) is 15.9. The van der Waals surface area contributed by atoms with Crippen molar-refractivity contribution in [2.75, 3.05) is 42.6 Å². The van der Waals surface area contributed by atoms with Gasteiger partial charge in [-0.2, -0.15) is 10.2 Å². The molecule has 0 aromatic carbocycles. The van der Waals surface area contributed by atoms with E-state index in [0.717, 1.165) is 38.4 Å². The molecule has 1 aliphatic heterocycles. The first-order valence-electron chi connectivity index (χ1n) is 7.99. The van der Waals surface area contributed by atoms with Gasteiger partial charge in [-0.05, 0) is 25.5 Å². The molecular formula is C16H19N7O. The maximum absolute atomic E-state index is 8.81. The maximum atomic E-state index is 8.81. The van der Waals surface area contributed by atoms with Crippen molar-refractivity contribution in [3.05, 3.63) is 30.1 Å². The van der Waals surface area contributed by atoms with Crippen molar-refractivity contribution in [2.24, 2.45) is 0 Å². The average molecular weight is 325 g/mol. The molecule has 2 aromatic rings. The Bertz CT molecular complexity index is 713. The monoisotopic (exact) mass is 325 g/mol. The summed E-state index contributed by atoms with van der Waals surface area (Å²) in [5.41, 5.74) is 0.330. The molecule has 8 nitrogen and oxygen atoms in total. The first-order chi connectivity index (χ1) is 11.8. The molecule has 1 saturated heterocycles. The summed E-state index contributed by atoms with van der Waals surface area (Å²) in [6.45, 7) is 5.85. The summed E-state index contributed by atoms with van der Waals surface area (Å²) in [5, 5.41) is 16.8. The maximum Gasteiger partial charge on any atom is 0.228 e. The fourth-order valence-electron chi connectivity index (χ4n) is 2.61. The van der Waals surface area contributed by atoms with Gasteiger partial charge in [0.1, 0.15) is 6.07 Å². The average Bonchev–Trinajstić information content (AvgIpc) is 2.89. The topological polar surface area (TPSA) is 91.1 Å². The molecule has 124 valence electrons. The predicted octanol–water partition coefficient (Wildman–Crippen LogP) is 1.25. The van der Waals surface area contributed by atoms with Crippen LogP contribution in [-0.2, 0) is 0 Å². The van der Waals surface area contributed by atoms with E-state index in [2.05, 4.69) is 30.0 Å². The molecule has 0 amide bonds. The summed E-state index contributed by atoms with van der Waals surface area (Å²) in [7, 11) is 0. The molecule has 1 fully saturated rings. The Morgan fingerprint density at radius 3 is 2.71 bits per heavy atom. The van der Waals surface area contributed by atoms with Crippen LogP contribution in [0, 0.1) is 11.3 Å². The van der Waals surface area contributed by atoms with Gasteiger partial charge in [0.15, 0.2) is 11.5 Å². The van der Waals surface area contributed by atoms with Crippen LogP contribution in [0.4, 0.5) is 11.8 Å². The molecule has 8 heteroatoms. The SMILES string of the molecule is CCOc1ccnc(N2CCCN(c3ccc(C#N)nn3)CC2)n1. The van der Waals surface area contributed by atoms with Crippen LogP contribution < -0.4 is 14.5 Å². The summed E-state index contributed by atoms with van der Waals surface area (Å²) >= 11 is 0. The summed E-state index contributed by atoms with van der Waals surface area (Å²) < 4.78 is 5.45. The van der Waals surface area contributed by atoms with Crippen molar-refractivity contribution in [2.45, 2.75) is 13.3 Å². The van der Waals surface area contributed by atoms with Crippen molar-refractivity contribution in [3.8, 4) is 11.9 Å². The van der Waals surface area contributed by atoms with Crippen LogP contribution in [0.25, 0.3) is 0 Å². The van der Waals surface area contributed by atoms with Crippen molar-refractivity contribution >= 4 is 11.8 Å². The minimum atomic E-state index is 0.330. The third-order valence-corrected chi connectivity index (χ3v) is 3.78. The van der Waals surface area contributed by atoms with E-state index < -0.39 is 0 Å². The molecule has 2 aromatic heterocycles. The van der Waals surface area contributed by atoms with Crippen LogP contribution in [0.1, 0.15) is 19.0 Å². The molecule has 0 saturated carbocycles. The van der Waals surface area contributed by atoms with Crippen LogP contribution in [-0.4, -0.2) is 53.0 Å². The zero-order valence-electron chi connectivity index (χ0n) is 13.6. The lowest BCUT2D eigenvalue weighted by molar-refractivity contribution is 0.326. The largest absolute Gasteiger partial charge is 0.478 e. The zero-order valence-corrected chi connectivity index (χ0v) is 13.6. The lowest BCUT2D eigenvalue weighted by atomic mass is 10.3. The van der Waals surface area contributed by atoms with E-state index in [4.69, 9.17) is 10.00 Å². The molecule has 3 heterocycles. The summed E-state index contributed by atoms with van der Waals surface area (Å²) in [5.74, 6) is 2.08. The van der Waals surface area contributed by atoms with Gasteiger partial charge in [0.05, 0.1) is 6.61 Å². The minimum Gasteiger partial charge on any atom is -0.478 e. The summed E-state index contributed by atoms with van der Waals surface area (Å²) in [6.07, 6.45) is 2.69. The summed E-state index contributed by atoms with van der Waals surface area (Å²) in [6, 6.07) is 7.29. The van der Waals surface area contributed by atoms with Gasteiger partial charge < -0.3 is 14.5 Å². The smallest absolute Gasteiger partial charge is 0.228 e. The van der Waals surface area contributed by atoms with Gasteiger partial charge in [-0.3, -0.25) is 0 Å². The number of anilines is 2. The van der Waals surface area contributed by atoms with Gasteiger partial charge in [0.25, 0.3) is 0 Å². The number of hydrogen-bond donors (Lipinski definition) is 0. The minimum absolute atomic E-state index is 0.330. The second-order valence-corrected chi connectivity index (χ2v) is 5.34. The Morgan fingerprint density at radius 1 is 1.12 bits per heavy atom. The molecule has 0 spiro atoms. The highest BCUT2D eigenvalue weighted by atomic mass is 16.5. The van der Waals surface area contributed by atoms with Gasteiger partial charge >= 0.3 is 0 Å². The number of nitriles is 1. The van der Waals surface area contributed by atoms with Gasteiger partial charge in [0.2, 0.25) is 11.8 Å². The predicted molar refractivity (Wildman–Crippen MR) is 89.0 cm³/mol. The highest BCUT2D eigenvalue weighted by Gasteiger charge is 2.18. The van der Waals surface area contributed by atoms with Crippen LogP contribution in [0.5, 0.6) is 5.88 Å². The Labute approximate surface area is 140 Å². The van der Waals surface area contributed by atoms with E-state index in [-0.39, 0.29) is 0 Å². The Morgan fingerprint density at radius 2 is 1.96 bits per heavy atom. The molecule has 1 aliphatic rings. The van der Waals surface area contributed by atoms with Crippen LogP contribution in [0.15, 0.2) is 24.4 Å². The van der Waals surface area contributed by atoms with Crippen molar-refractivity contribution in [1.29, 1.82) is 5.26 Å². The molecular weight excluding hydrogens is 306 g/mol. The lowest BCUT2D eigenvalue weighted by Gasteiger charge is -2.22. The van der Waals surface area contributed by atoms with E-state index in [0.29, 0.717) is 24.1 Å². The van der Waals surface area contributed by atoms with Crippen molar-refractivity contribution in [1.82, 2.24) is 20.2 Å². The Kier molecular flexibility index (Phi) is 5.01. The third kappa shape index (κ3) is 3.68. The van der Waals surface area contributed by atoms with Gasteiger partial charge in [-0.25, -0.2) is 4.98 Å². The standard InChI is InChI=1S/C16H19N7O/c1-2-24-15-6-7-18-16(19-15)23-9-3-8-22(10-11-23)14-5-4-13(12-17)20-21-14/h4-7H,2-3,8-11H2,1H3. The molecule has 0 bridgehead atoms. The molecule has 0 unspecified atom stereocenters. The molecule has 0 radical (unpaired) electrons.